The number of aromatic amines is 1. The largest absolute Gasteiger partial charge is 0.392 e. The average molecular weight is 310 g/mol. The molecule has 0 saturated carbocycles. The fraction of sp³-hybridized carbons (Fsp3) is 0.278. The van der Waals surface area contributed by atoms with Crippen LogP contribution >= 0.6 is 0 Å². The number of rotatable bonds is 6. The highest BCUT2D eigenvalue weighted by molar-refractivity contribution is 5.95. The lowest BCUT2D eigenvalue weighted by Crippen LogP contribution is -2.21. The number of anilines is 1. The van der Waals surface area contributed by atoms with Gasteiger partial charge in [-0.25, -0.2) is 4.98 Å². The molecule has 0 unspecified atom stereocenters. The van der Waals surface area contributed by atoms with E-state index >= 15 is 0 Å². The van der Waals surface area contributed by atoms with Crippen LogP contribution in [0.15, 0.2) is 42.6 Å². The van der Waals surface area contributed by atoms with Crippen LogP contribution in [0.4, 0.5) is 5.82 Å². The number of hydrogen-bond donors (Lipinski definition) is 3. The molecule has 0 spiro atoms. The molecule has 3 N–H and O–H groups in total. The Hall–Kier alpha value is -2.37. The molecule has 3 rings (SSSR count). The number of benzene rings is 1. The number of fused-ring (bicyclic) bond motifs is 1. The van der Waals surface area contributed by atoms with Crippen LogP contribution in [0, 0.1) is 0 Å². The van der Waals surface area contributed by atoms with Crippen molar-refractivity contribution in [2.24, 2.45) is 0 Å². The normalized spacial score (nSPS) is 11.3. The third kappa shape index (κ3) is 3.36. The smallest absolute Gasteiger partial charge is 0.140 e. The molecular weight excluding hydrogens is 288 g/mol. The van der Waals surface area contributed by atoms with Crippen molar-refractivity contribution in [2.45, 2.75) is 6.61 Å². The van der Waals surface area contributed by atoms with E-state index in [1.165, 1.54) is 0 Å². The van der Waals surface area contributed by atoms with Crippen molar-refractivity contribution >= 4 is 16.9 Å². The van der Waals surface area contributed by atoms with E-state index in [1.54, 1.807) is 0 Å². The molecule has 0 amide bonds. The summed E-state index contributed by atoms with van der Waals surface area (Å²) in [5, 5.41) is 14.1. The molecule has 0 fully saturated rings. The van der Waals surface area contributed by atoms with Gasteiger partial charge in [0.25, 0.3) is 0 Å². The predicted octanol–water partition coefficient (Wildman–Crippen LogP) is 2.70. The van der Waals surface area contributed by atoms with E-state index in [1.807, 2.05) is 50.6 Å². The second-order valence-electron chi connectivity index (χ2n) is 5.84. The first-order valence-corrected chi connectivity index (χ1v) is 7.75. The summed E-state index contributed by atoms with van der Waals surface area (Å²) in [6.07, 6.45) is 1.90. The first kappa shape index (κ1) is 15.5. The van der Waals surface area contributed by atoms with Gasteiger partial charge in [-0.2, -0.15) is 0 Å². The fourth-order valence-corrected chi connectivity index (χ4v) is 2.68. The standard InChI is InChI=1S/C18H22N4O/c1-22(2)10-9-19-17-11-16(15-7-8-20-18(15)21-17)14-6-4-3-5-13(14)12-23/h3-8,11,23H,9-10,12H2,1-2H3,(H2,19,20,21). The average Bonchev–Trinajstić information content (AvgIpc) is 3.02. The number of nitrogens with zero attached hydrogens (tertiary/aromatic N) is 2. The lowest BCUT2D eigenvalue weighted by atomic mass is 9.98. The van der Waals surface area contributed by atoms with Gasteiger partial charge in [0.05, 0.1) is 6.61 Å². The van der Waals surface area contributed by atoms with Gasteiger partial charge in [0.2, 0.25) is 0 Å². The molecule has 23 heavy (non-hydrogen) atoms. The molecular formula is C18H22N4O. The third-order valence-corrected chi connectivity index (χ3v) is 3.87. The van der Waals surface area contributed by atoms with Gasteiger partial charge >= 0.3 is 0 Å². The Bertz CT molecular complexity index is 795. The van der Waals surface area contributed by atoms with Crippen LogP contribution in [0.5, 0.6) is 0 Å². The molecule has 1 aromatic carbocycles. The van der Waals surface area contributed by atoms with Gasteiger partial charge in [-0.05, 0) is 42.9 Å². The molecule has 2 aromatic heterocycles. The number of H-pyrrole nitrogens is 1. The Morgan fingerprint density at radius 2 is 2.00 bits per heavy atom. The van der Waals surface area contributed by atoms with Gasteiger partial charge in [0, 0.05) is 24.7 Å². The Morgan fingerprint density at radius 1 is 1.17 bits per heavy atom. The number of aliphatic hydroxyl groups is 1. The quantitative estimate of drug-likeness (QED) is 0.655. The van der Waals surface area contributed by atoms with Gasteiger partial charge in [-0.15, -0.1) is 0 Å². The first-order valence-electron chi connectivity index (χ1n) is 7.75. The zero-order chi connectivity index (χ0) is 16.2. The van der Waals surface area contributed by atoms with E-state index in [2.05, 4.69) is 26.3 Å². The highest BCUT2D eigenvalue weighted by Crippen LogP contribution is 2.32. The van der Waals surface area contributed by atoms with Crippen LogP contribution in [0.3, 0.4) is 0 Å². The summed E-state index contributed by atoms with van der Waals surface area (Å²) in [7, 11) is 4.10. The number of nitrogens with one attached hydrogen (secondary N) is 2. The van der Waals surface area contributed by atoms with Gasteiger partial charge in [0.15, 0.2) is 0 Å². The molecule has 5 nitrogen and oxygen atoms in total. The van der Waals surface area contributed by atoms with Crippen molar-refractivity contribution in [2.75, 3.05) is 32.5 Å². The van der Waals surface area contributed by atoms with Crippen molar-refractivity contribution in [1.29, 1.82) is 0 Å². The monoisotopic (exact) mass is 310 g/mol. The summed E-state index contributed by atoms with van der Waals surface area (Å²) in [5.74, 6) is 0.838. The van der Waals surface area contributed by atoms with Gasteiger partial charge in [-0.3, -0.25) is 0 Å². The number of likely N-dealkylation sites (N-methyl/N-ethyl adjacent to an activating group) is 1. The SMILES string of the molecule is CN(C)CCNc1cc(-c2ccccc2CO)c2cc[nH]c2n1. The van der Waals surface area contributed by atoms with E-state index in [0.29, 0.717) is 0 Å². The van der Waals surface area contributed by atoms with Crippen LogP contribution < -0.4 is 5.32 Å². The minimum atomic E-state index is 0.0216. The van der Waals surface area contributed by atoms with Crippen LogP contribution in [0.1, 0.15) is 5.56 Å². The molecule has 0 radical (unpaired) electrons. The summed E-state index contributed by atoms with van der Waals surface area (Å²) < 4.78 is 0. The van der Waals surface area contributed by atoms with Gasteiger partial charge in [0.1, 0.15) is 11.5 Å². The molecule has 120 valence electrons. The highest BCUT2D eigenvalue weighted by atomic mass is 16.3. The van der Waals surface area contributed by atoms with Crippen LogP contribution in [-0.4, -0.2) is 47.2 Å². The number of aromatic nitrogens is 2. The summed E-state index contributed by atoms with van der Waals surface area (Å²) in [5.41, 5.74) is 3.88. The Labute approximate surface area is 136 Å². The maximum Gasteiger partial charge on any atom is 0.140 e. The Morgan fingerprint density at radius 3 is 2.78 bits per heavy atom. The lowest BCUT2D eigenvalue weighted by Gasteiger charge is -2.13. The molecule has 2 heterocycles. The van der Waals surface area contributed by atoms with E-state index in [-0.39, 0.29) is 6.61 Å². The minimum Gasteiger partial charge on any atom is -0.392 e. The second-order valence-corrected chi connectivity index (χ2v) is 5.84. The molecule has 5 heteroatoms. The summed E-state index contributed by atoms with van der Waals surface area (Å²) in [6, 6.07) is 12.0. The highest BCUT2D eigenvalue weighted by Gasteiger charge is 2.11. The van der Waals surface area contributed by atoms with Crippen molar-refractivity contribution in [3.8, 4) is 11.1 Å². The molecule has 0 aliphatic heterocycles. The zero-order valence-electron chi connectivity index (χ0n) is 13.5. The van der Waals surface area contributed by atoms with E-state index in [0.717, 1.165) is 46.6 Å². The number of hydrogen-bond acceptors (Lipinski definition) is 4. The Kier molecular flexibility index (Phi) is 4.60. The van der Waals surface area contributed by atoms with Gasteiger partial charge in [-0.1, -0.05) is 24.3 Å². The van der Waals surface area contributed by atoms with Crippen molar-refractivity contribution in [3.05, 3.63) is 48.2 Å². The van der Waals surface area contributed by atoms with Crippen LogP contribution in [-0.2, 0) is 6.61 Å². The number of pyridine rings is 1. The fourth-order valence-electron chi connectivity index (χ4n) is 2.68. The maximum atomic E-state index is 9.63. The van der Waals surface area contributed by atoms with E-state index < -0.39 is 0 Å². The van der Waals surface area contributed by atoms with Crippen LogP contribution in [0.2, 0.25) is 0 Å². The van der Waals surface area contributed by atoms with E-state index in [9.17, 15) is 5.11 Å². The van der Waals surface area contributed by atoms with Crippen LogP contribution in [0.25, 0.3) is 22.2 Å². The summed E-state index contributed by atoms with van der Waals surface area (Å²) >= 11 is 0. The maximum absolute atomic E-state index is 9.63. The Balaban J connectivity index is 2.03. The summed E-state index contributed by atoms with van der Waals surface area (Å²) in [4.78, 5) is 9.94. The summed E-state index contributed by atoms with van der Waals surface area (Å²) in [6.45, 7) is 1.79. The molecule has 0 aliphatic rings. The topological polar surface area (TPSA) is 64.2 Å². The lowest BCUT2D eigenvalue weighted by molar-refractivity contribution is 0.282. The van der Waals surface area contributed by atoms with Crippen molar-refractivity contribution in [1.82, 2.24) is 14.9 Å². The molecule has 0 bridgehead atoms. The van der Waals surface area contributed by atoms with Gasteiger partial charge < -0.3 is 20.3 Å². The van der Waals surface area contributed by atoms with Crippen molar-refractivity contribution < 1.29 is 5.11 Å². The minimum absolute atomic E-state index is 0.0216. The second kappa shape index (κ2) is 6.81. The zero-order valence-corrected chi connectivity index (χ0v) is 13.5. The third-order valence-electron chi connectivity index (χ3n) is 3.87. The van der Waals surface area contributed by atoms with Crippen molar-refractivity contribution in [3.63, 3.8) is 0 Å². The first-order chi connectivity index (χ1) is 11.2. The molecule has 0 saturated heterocycles. The van der Waals surface area contributed by atoms with E-state index in [4.69, 9.17) is 0 Å². The predicted molar refractivity (Wildman–Crippen MR) is 94.5 cm³/mol. The number of aliphatic hydroxyl groups excluding tert-OH is 1. The molecule has 0 aliphatic carbocycles. The molecule has 3 aromatic rings. The molecule has 0 atom stereocenters.